The topological polar surface area (TPSA) is 8.17 Å². The fraction of sp³-hybridized carbons (Fsp3) is 0.600. The number of thioether (sulfide) groups is 2. The monoisotopic (exact) mass is 358 g/mol. The van der Waals surface area contributed by atoms with Crippen LogP contribution in [-0.2, 0) is 4.08 Å². The molecule has 0 amide bonds. The van der Waals surface area contributed by atoms with Crippen LogP contribution in [0.1, 0.15) is 38.0 Å². The Bertz CT molecular complexity index is 762. The summed E-state index contributed by atoms with van der Waals surface area (Å²) in [4.78, 5) is 2.62. The van der Waals surface area contributed by atoms with Gasteiger partial charge in [-0.05, 0) is 67.2 Å². The van der Waals surface area contributed by atoms with Crippen LogP contribution in [0.5, 0.6) is 0 Å². The molecule has 24 heavy (non-hydrogen) atoms. The van der Waals surface area contributed by atoms with Gasteiger partial charge in [-0.15, -0.1) is 23.5 Å². The molecule has 2 aromatic rings. The number of aromatic nitrogens is 1. The molecular weight excluding hydrogens is 332 g/mol. The largest absolute Gasteiger partial charge is 0.326 e. The number of likely N-dealkylation sites (tertiary alicyclic amines) is 1. The average Bonchev–Trinajstić information content (AvgIpc) is 3.01. The Kier molecular flexibility index (Phi) is 3.73. The second-order valence-corrected chi connectivity index (χ2v) is 10.5. The van der Waals surface area contributed by atoms with E-state index in [9.17, 15) is 0 Å². The molecule has 4 heteroatoms. The van der Waals surface area contributed by atoms with Crippen LogP contribution in [0, 0.1) is 11.8 Å². The van der Waals surface area contributed by atoms with Crippen LogP contribution in [-0.4, -0.2) is 34.6 Å². The molecule has 1 spiro atoms. The normalized spacial score (nSPS) is 32.2. The molecule has 1 aromatic heterocycles. The van der Waals surface area contributed by atoms with Crippen molar-refractivity contribution in [3.8, 4) is 0 Å². The average molecular weight is 359 g/mol. The zero-order chi connectivity index (χ0) is 16.3. The number of nitrogens with zero attached hydrogens (tertiary/aromatic N) is 2. The van der Waals surface area contributed by atoms with Crippen LogP contribution >= 0.6 is 23.5 Å². The summed E-state index contributed by atoms with van der Waals surface area (Å²) in [6, 6.07) is 11.6. The van der Waals surface area contributed by atoms with Crippen molar-refractivity contribution < 1.29 is 0 Å². The lowest BCUT2D eigenvalue weighted by molar-refractivity contribution is -0.00460. The summed E-state index contributed by atoms with van der Waals surface area (Å²) in [5, 5.41) is 1.43. The summed E-state index contributed by atoms with van der Waals surface area (Å²) in [5.74, 6) is 4.23. The van der Waals surface area contributed by atoms with Crippen molar-refractivity contribution in [1.29, 1.82) is 0 Å². The van der Waals surface area contributed by atoms with Crippen molar-refractivity contribution in [2.24, 2.45) is 11.8 Å². The molecule has 0 N–H and O–H groups in total. The number of hydrogen-bond donors (Lipinski definition) is 0. The van der Waals surface area contributed by atoms with Gasteiger partial charge in [0.2, 0.25) is 0 Å². The Morgan fingerprint density at radius 2 is 2.00 bits per heavy atom. The molecule has 2 nitrogen and oxygen atoms in total. The van der Waals surface area contributed by atoms with Gasteiger partial charge < -0.3 is 4.57 Å². The van der Waals surface area contributed by atoms with E-state index in [1.807, 2.05) is 0 Å². The molecule has 5 rings (SSSR count). The van der Waals surface area contributed by atoms with Crippen molar-refractivity contribution in [3.63, 3.8) is 0 Å². The van der Waals surface area contributed by atoms with Crippen molar-refractivity contribution in [3.05, 3.63) is 36.0 Å². The molecule has 0 unspecified atom stereocenters. The highest BCUT2D eigenvalue weighted by Gasteiger charge is 2.56. The Morgan fingerprint density at radius 3 is 2.79 bits per heavy atom. The van der Waals surface area contributed by atoms with Crippen LogP contribution in [0.4, 0.5) is 0 Å². The van der Waals surface area contributed by atoms with Gasteiger partial charge in [0.25, 0.3) is 0 Å². The van der Waals surface area contributed by atoms with E-state index < -0.39 is 0 Å². The van der Waals surface area contributed by atoms with E-state index in [0.29, 0.717) is 6.17 Å². The maximum Gasteiger partial charge on any atom is 0.104 e. The first kappa shape index (κ1) is 15.7. The van der Waals surface area contributed by atoms with Crippen LogP contribution in [0.2, 0.25) is 0 Å². The van der Waals surface area contributed by atoms with E-state index in [2.05, 4.69) is 77.3 Å². The molecule has 0 aliphatic carbocycles. The minimum absolute atomic E-state index is 0.287. The fourth-order valence-electron chi connectivity index (χ4n) is 5.41. The van der Waals surface area contributed by atoms with Gasteiger partial charge in [0.1, 0.15) is 4.08 Å². The molecule has 2 bridgehead atoms. The van der Waals surface area contributed by atoms with Crippen LogP contribution in [0.15, 0.2) is 30.3 Å². The first-order chi connectivity index (χ1) is 11.8. The molecule has 2 saturated heterocycles. The van der Waals surface area contributed by atoms with Crippen molar-refractivity contribution in [1.82, 2.24) is 9.47 Å². The number of benzene rings is 1. The maximum absolute atomic E-state index is 2.73. The highest BCUT2D eigenvalue weighted by Crippen LogP contribution is 2.65. The fourth-order valence-corrected chi connectivity index (χ4v) is 9.23. The third-order valence-electron chi connectivity index (χ3n) is 6.40. The van der Waals surface area contributed by atoms with E-state index in [1.54, 1.807) is 5.69 Å². The molecule has 3 atom stereocenters. The minimum atomic E-state index is 0.287. The van der Waals surface area contributed by atoms with Crippen molar-refractivity contribution in [2.45, 2.75) is 36.4 Å². The Hall–Kier alpha value is -0.580. The Balaban J connectivity index is 1.82. The van der Waals surface area contributed by atoms with Gasteiger partial charge in [0.15, 0.2) is 0 Å². The number of fused-ring (bicyclic) bond motifs is 8. The van der Waals surface area contributed by atoms with Crippen molar-refractivity contribution >= 4 is 34.4 Å². The first-order valence-electron chi connectivity index (χ1n) is 9.35. The number of rotatable bonds is 1. The van der Waals surface area contributed by atoms with Gasteiger partial charge in [0.05, 0.1) is 6.17 Å². The number of para-hydroxylation sites is 1. The lowest BCUT2D eigenvalue weighted by atomic mass is 9.75. The smallest absolute Gasteiger partial charge is 0.104 e. The van der Waals surface area contributed by atoms with Gasteiger partial charge in [0, 0.05) is 17.8 Å². The van der Waals surface area contributed by atoms with Crippen LogP contribution < -0.4 is 0 Å². The van der Waals surface area contributed by atoms with Gasteiger partial charge in [-0.25, -0.2) is 0 Å². The third kappa shape index (κ3) is 1.96. The second kappa shape index (κ2) is 5.72. The summed E-state index contributed by atoms with van der Waals surface area (Å²) < 4.78 is 3.01. The van der Waals surface area contributed by atoms with Crippen LogP contribution in [0.25, 0.3) is 10.9 Å². The Labute approximate surface area is 153 Å². The van der Waals surface area contributed by atoms with Gasteiger partial charge in [-0.3, -0.25) is 4.90 Å². The van der Waals surface area contributed by atoms with E-state index in [-0.39, 0.29) is 4.08 Å². The predicted octanol–water partition coefficient (Wildman–Crippen LogP) is 5.15. The lowest BCUT2D eigenvalue weighted by Crippen LogP contribution is -2.55. The molecule has 4 heterocycles. The summed E-state index contributed by atoms with van der Waals surface area (Å²) in [7, 11) is 2.33. The number of hydrogen-bond acceptors (Lipinski definition) is 3. The first-order valence-corrected chi connectivity index (χ1v) is 11.3. The molecule has 128 valence electrons. The quantitative estimate of drug-likeness (QED) is 0.697. The number of piperidine rings is 1. The minimum Gasteiger partial charge on any atom is -0.326 e. The molecule has 3 aliphatic rings. The third-order valence-corrected chi connectivity index (χ3v) is 9.97. The molecule has 1 aromatic carbocycles. The summed E-state index contributed by atoms with van der Waals surface area (Å²) >= 11 is 4.51. The molecule has 0 saturated carbocycles. The van der Waals surface area contributed by atoms with E-state index in [0.717, 1.165) is 11.8 Å². The SMILES string of the molecule is CC[C@H]1[C@@H]2N(C)CC[C@H]1C1(SCCCS1)c1cc3ccccc3n12. The molecule has 0 radical (unpaired) electrons. The van der Waals surface area contributed by atoms with Crippen molar-refractivity contribution in [2.75, 3.05) is 25.1 Å². The highest BCUT2D eigenvalue weighted by molar-refractivity contribution is 8.18. The molecule has 2 fully saturated rings. The van der Waals surface area contributed by atoms with E-state index in [4.69, 9.17) is 0 Å². The highest BCUT2D eigenvalue weighted by atomic mass is 32.2. The summed E-state index contributed by atoms with van der Waals surface area (Å²) in [6.45, 7) is 3.65. The zero-order valence-electron chi connectivity index (χ0n) is 14.6. The van der Waals surface area contributed by atoms with Gasteiger partial charge in [-0.1, -0.05) is 25.1 Å². The standard InChI is InChI=1S/C20H26N2S2/c1-3-15-16-9-10-21(2)19(15)22-17-8-5-4-7-14(17)13-18(22)20(16)23-11-6-12-24-20/h4-5,7-8,13,15-16,19H,3,6,9-12H2,1-2H3/t15-,16-,19-/m1/s1. The second-order valence-electron chi connectivity index (χ2n) is 7.54. The van der Waals surface area contributed by atoms with E-state index >= 15 is 0 Å². The lowest BCUT2D eigenvalue weighted by Gasteiger charge is -2.57. The molecule has 3 aliphatic heterocycles. The zero-order valence-corrected chi connectivity index (χ0v) is 16.2. The summed E-state index contributed by atoms with van der Waals surface area (Å²) in [5.41, 5.74) is 3.04. The van der Waals surface area contributed by atoms with Crippen LogP contribution in [0.3, 0.4) is 0 Å². The predicted molar refractivity (Wildman–Crippen MR) is 107 cm³/mol. The maximum atomic E-state index is 2.73. The van der Waals surface area contributed by atoms with Gasteiger partial charge in [-0.2, -0.15) is 0 Å². The van der Waals surface area contributed by atoms with Gasteiger partial charge >= 0.3 is 0 Å². The summed E-state index contributed by atoms with van der Waals surface area (Å²) in [6.07, 6.45) is 4.54. The molecular formula is C20H26N2S2. The van der Waals surface area contributed by atoms with E-state index in [1.165, 1.54) is 48.2 Å². The Morgan fingerprint density at radius 1 is 1.21 bits per heavy atom.